The fourth-order valence-corrected chi connectivity index (χ4v) is 9.22. The molecule has 0 saturated carbocycles. The third-order valence-electron chi connectivity index (χ3n) is 11.2. The van der Waals surface area contributed by atoms with Crippen LogP contribution in [0.15, 0.2) is 156 Å². The lowest BCUT2D eigenvalue weighted by Crippen LogP contribution is -2.61. The fraction of sp³-hybridized carbons (Fsp3) is 0.0667. The maximum atomic E-state index is 7.17. The van der Waals surface area contributed by atoms with Crippen molar-refractivity contribution in [3.05, 3.63) is 163 Å². The molecule has 0 bridgehead atoms. The molecule has 3 aliphatic rings. The van der Waals surface area contributed by atoms with E-state index in [4.69, 9.17) is 4.42 Å². The molecule has 0 amide bonds. The molecule has 2 aliphatic heterocycles. The molecule has 0 N–H and O–H groups in total. The number of nitrogens with zero attached hydrogens (tertiary/aromatic N) is 2. The molecule has 0 saturated heterocycles. The molecule has 1 aromatic heterocycles. The summed E-state index contributed by atoms with van der Waals surface area (Å²) >= 11 is 0. The zero-order chi connectivity index (χ0) is 32.4. The van der Waals surface area contributed by atoms with E-state index in [1.165, 1.54) is 66.8 Å². The lowest BCUT2D eigenvalue weighted by atomic mass is 9.33. The number of benzene rings is 7. The van der Waals surface area contributed by atoms with Gasteiger partial charge in [0.1, 0.15) is 5.58 Å². The SMILES string of the molecule is CC1(C)c2ccccc2-c2ccc3c(oc4c(N5c6ccccc6B6c7ccccc7N(c7ccccc7)c7cccc5c76)cccc43)c21. The Balaban J connectivity index is 1.20. The Morgan fingerprint density at radius 2 is 1.06 bits per heavy atom. The van der Waals surface area contributed by atoms with Crippen LogP contribution in [0.5, 0.6) is 0 Å². The van der Waals surface area contributed by atoms with Crippen molar-refractivity contribution in [1.82, 2.24) is 0 Å². The van der Waals surface area contributed by atoms with E-state index < -0.39 is 0 Å². The zero-order valence-electron chi connectivity index (χ0n) is 27.3. The van der Waals surface area contributed by atoms with Crippen molar-refractivity contribution in [3.8, 4) is 11.1 Å². The van der Waals surface area contributed by atoms with E-state index in [0.717, 1.165) is 27.9 Å². The maximum Gasteiger partial charge on any atom is 0.252 e. The Kier molecular flexibility index (Phi) is 5.26. The summed E-state index contributed by atoms with van der Waals surface area (Å²) in [6, 6.07) is 55.4. The second-order valence-corrected chi connectivity index (χ2v) is 14.1. The van der Waals surface area contributed by atoms with Gasteiger partial charge >= 0.3 is 0 Å². The summed E-state index contributed by atoms with van der Waals surface area (Å²) in [6.07, 6.45) is 0. The lowest BCUT2D eigenvalue weighted by molar-refractivity contribution is 0.620. The molecule has 230 valence electrons. The molecule has 0 atom stereocenters. The van der Waals surface area contributed by atoms with Gasteiger partial charge in [0.25, 0.3) is 6.71 Å². The van der Waals surface area contributed by atoms with E-state index in [9.17, 15) is 0 Å². The largest absolute Gasteiger partial charge is 0.453 e. The molecule has 4 heteroatoms. The smallest absolute Gasteiger partial charge is 0.252 e. The molecule has 7 aromatic carbocycles. The van der Waals surface area contributed by atoms with Gasteiger partial charge in [-0.25, -0.2) is 0 Å². The molecule has 0 spiro atoms. The number of fused-ring (bicyclic) bond motifs is 11. The van der Waals surface area contributed by atoms with Crippen molar-refractivity contribution in [1.29, 1.82) is 0 Å². The molecule has 0 unspecified atom stereocenters. The first kappa shape index (κ1) is 27.0. The second kappa shape index (κ2) is 9.55. The van der Waals surface area contributed by atoms with E-state index in [-0.39, 0.29) is 12.1 Å². The Morgan fingerprint density at radius 3 is 1.86 bits per heavy atom. The quantitative estimate of drug-likeness (QED) is 0.178. The molecule has 8 aromatic rings. The third-order valence-corrected chi connectivity index (χ3v) is 11.2. The van der Waals surface area contributed by atoms with Gasteiger partial charge in [-0.05, 0) is 81.6 Å². The molecule has 3 heterocycles. The molecule has 0 radical (unpaired) electrons. The topological polar surface area (TPSA) is 19.6 Å². The molecule has 1 aliphatic carbocycles. The molecule has 49 heavy (non-hydrogen) atoms. The van der Waals surface area contributed by atoms with E-state index in [0.29, 0.717) is 0 Å². The minimum Gasteiger partial charge on any atom is -0.453 e. The number of hydrogen-bond acceptors (Lipinski definition) is 3. The Bertz CT molecular complexity index is 2670. The number of para-hydroxylation sites is 4. The highest BCUT2D eigenvalue weighted by Crippen LogP contribution is 2.54. The summed E-state index contributed by atoms with van der Waals surface area (Å²) < 4.78 is 7.17. The highest BCUT2D eigenvalue weighted by Gasteiger charge is 2.44. The summed E-state index contributed by atoms with van der Waals surface area (Å²) in [5.41, 5.74) is 17.9. The van der Waals surface area contributed by atoms with Gasteiger partial charge in [-0.3, -0.25) is 0 Å². The number of furan rings is 1. The van der Waals surface area contributed by atoms with Gasteiger partial charge in [0, 0.05) is 50.2 Å². The average molecular weight is 627 g/mol. The van der Waals surface area contributed by atoms with Gasteiger partial charge in [0.05, 0.1) is 5.69 Å². The lowest BCUT2D eigenvalue weighted by Gasteiger charge is -2.43. The minimum atomic E-state index is -0.169. The van der Waals surface area contributed by atoms with Crippen LogP contribution in [0.25, 0.3) is 33.1 Å². The Labute approximate surface area is 285 Å². The summed E-state index contributed by atoms with van der Waals surface area (Å²) in [5.74, 6) is 0. The standard InChI is InChI=1S/C45H31BN2O/c1-45(2)33-18-7-6-16-29(33)30-26-27-32-31-17-12-25-40(43(31)49-44(32)41(30)45)48-37-22-11-9-20-35(37)46-34-19-8-10-21-36(34)47(28-14-4-3-5-15-28)38-23-13-24-39(48)42(38)46/h3-27H,1-2H3. The van der Waals surface area contributed by atoms with Crippen LogP contribution < -0.4 is 26.2 Å². The first-order chi connectivity index (χ1) is 24.1. The number of hydrogen-bond donors (Lipinski definition) is 0. The van der Waals surface area contributed by atoms with Gasteiger partial charge < -0.3 is 14.2 Å². The summed E-state index contributed by atoms with van der Waals surface area (Å²) in [5, 5.41) is 2.31. The van der Waals surface area contributed by atoms with Crippen LogP contribution in [0.1, 0.15) is 25.0 Å². The van der Waals surface area contributed by atoms with Gasteiger partial charge in [-0.15, -0.1) is 0 Å². The van der Waals surface area contributed by atoms with Crippen LogP contribution >= 0.6 is 0 Å². The van der Waals surface area contributed by atoms with Crippen molar-refractivity contribution in [2.45, 2.75) is 19.3 Å². The van der Waals surface area contributed by atoms with Crippen LogP contribution in [0.4, 0.5) is 34.1 Å². The zero-order valence-corrected chi connectivity index (χ0v) is 27.3. The Hall–Kier alpha value is -6.00. The first-order valence-electron chi connectivity index (χ1n) is 17.2. The van der Waals surface area contributed by atoms with E-state index >= 15 is 0 Å². The number of anilines is 6. The summed E-state index contributed by atoms with van der Waals surface area (Å²) in [6.45, 7) is 4.77. The van der Waals surface area contributed by atoms with Crippen LogP contribution in [-0.2, 0) is 5.41 Å². The van der Waals surface area contributed by atoms with E-state index in [2.05, 4.69) is 175 Å². The summed E-state index contributed by atoms with van der Waals surface area (Å²) in [4.78, 5) is 4.88. The monoisotopic (exact) mass is 626 g/mol. The van der Waals surface area contributed by atoms with E-state index in [1.54, 1.807) is 0 Å². The fourth-order valence-electron chi connectivity index (χ4n) is 9.22. The van der Waals surface area contributed by atoms with Gasteiger partial charge in [0.15, 0.2) is 5.58 Å². The molecule has 0 fully saturated rings. The number of rotatable bonds is 2. The van der Waals surface area contributed by atoms with Crippen molar-refractivity contribution in [3.63, 3.8) is 0 Å². The normalized spacial score (nSPS) is 14.8. The minimum absolute atomic E-state index is 0.104. The van der Waals surface area contributed by atoms with Gasteiger partial charge in [-0.2, -0.15) is 0 Å². The highest BCUT2D eigenvalue weighted by molar-refractivity contribution is 7.00. The average Bonchev–Trinajstić information content (AvgIpc) is 3.64. The highest BCUT2D eigenvalue weighted by atomic mass is 16.3. The van der Waals surface area contributed by atoms with Crippen molar-refractivity contribution in [2.75, 3.05) is 9.80 Å². The molecular formula is C45H31BN2O. The van der Waals surface area contributed by atoms with Crippen molar-refractivity contribution in [2.24, 2.45) is 0 Å². The Morgan fingerprint density at radius 1 is 0.469 bits per heavy atom. The molecule has 3 nitrogen and oxygen atoms in total. The van der Waals surface area contributed by atoms with Crippen molar-refractivity contribution < 1.29 is 4.42 Å². The summed E-state index contributed by atoms with van der Waals surface area (Å²) in [7, 11) is 0. The second-order valence-electron chi connectivity index (χ2n) is 14.1. The van der Waals surface area contributed by atoms with E-state index in [1.807, 2.05) is 0 Å². The molecule has 11 rings (SSSR count). The predicted octanol–water partition coefficient (Wildman–Crippen LogP) is 9.97. The van der Waals surface area contributed by atoms with Gasteiger partial charge in [0.2, 0.25) is 0 Å². The molecular weight excluding hydrogens is 595 g/mol. The van der Waals surface area contributed by atoms with Crippen LogP contribution in [-0.4, -0.2) is 6.71 Å². The van der Waals surface area contributed by atoms with Crippen molar-refractivity contribution >= 4 is 79.2 Å². The van der Waals surface area contributed by atoms with Crippen LogP contribution in [0.3, 0.4) is 0 Å². The predicted molar refractivity (Wildman–Crippen MR) is 205 cm³/mol. The third kappa shape index (κ3) is 3.43. The van der Waals surface area contributed by atoms with Gasteiger partial charge in [-0.1, -0.05) is 117 Å². The van der Waals surface area contributed by atoms with Crippen LogP contribution in [0, 0.1) is 0 Å². The first-order valence-corrected chi connectivity index (χ1v) is 17.2. The van der Waals surface area contributed by atoms with Crippen LogP contribution in [0.2, 0.25) is 0 Å². The maximum absolute atomic E-state index is 7.17.